The van der Waals surface area contributed by atoms with Gasteiger partial charge >= 0.3 is 0 Å². The molecule has 0 spiro atoms. The predicted molar refractivity (Wildman–Crippen MR) is 80.0 cm³/mol. The van der Waals surface area contributed by atoms with Gasteiger partial charge in [-0.05, 0) is 30.3 Å². The molecule has 0 atom stereocenters. The third-order valence-corrected chi connectivity index (χ3v) is 3.08. The van der Waals surface area contributed by atoms with Crippen LogP contribution in [0, 0.1) is 0 Å². The number of benzene rings is 2. The molecule has 20 heavy (non-hydrogen) atoms. The van der Waals surface area contributed by atoms with Crippen molar-refractivity contribution in [2.75, 3.05) is 5.32 Å². The number of hydrogen-bond donors (Lipinski definition) is 2. The number of para-hydroxylation sites is 1. The van der Waals surface area contributed by atoms with E-state index in [9.17, 15) is 4.79 Å². The molecule has 0 fully saturated rings. The molecule has 1 aromatic heterocycles. The Morgan fingerprint density at radius 2 is 1.90 bits per heavy atom. The SMILES string of the molecule is NC(=O)c1cccc(Nc2ccnc3ccccc23)c1. The van der Waals surface area contributed by atoms with E-state index in [0.29, 0.717) is 5.56 Å². The fourth-order valence-electron chi connectivity index (χ4n) is 2.11. The average Bonchev–Trinajstić information content (AvgIpc) is 2.48. The third-order valence-electron chi connectivity index (χ3n) is 3.08. The van der Waals surface area contributed by atoms with E-state index < -0.39 is 5.91 Å². The van der Waals surface area contributed by atoms with Gasteiger partial charge in [0.2, 0.25) is 5.91 Å². The first-order valence-corrected chi connectivity index (χ1v) is 6.25. The zero-order valence-corrected chi connectivity index (χ0v) is 10.7. The summed E-state index contributed by atoms with van der Waals surface area (Å²) in [7, 11) is 0. The monoisotopic (exact) mass is 263 g/mol. The predicted octanol–water partition coefficient (Wildman–Crippen LogP) is 3.08. The van der Waals surface area contributed by atoms with Crippen LogP contribution in [0.25, 0.3) is 10.9 Å². The molecular formula is C16H13N3O. The number of pyridine rings is 1. The lowest BCUT2D eigenvalue weighted by Crippen LogP contribution is -2.10. The molecule has 0 aliphatic rings. The summed E-state index contributed by atoms with van der Waals surface area (Å²) in [5, 5.41) is 4.32. The molecule has 0 saturated carbocycles. The van der Waals surface area contributed by atoms with Gasteiger partial charge in [-0.25, -0.2) is 0 Å². The normalized spacial score (nSPS) is 10.4. The van der Waals surface area contributed by atoms with Crippen LogP contribution < -0.4 is 11.1 Å². The number of nitrogens with zero attached hydrogens (tertiary/aromatic N) is 1. The minimum atomic E-state index is -0.437. The molecule has 0 aliphatic carbocycles. The number of rotatable bonds is 3. The zero-order chi connectivity index (χ0) is 13.9. The second-order valence-corrected chi connectivity index (χ2v) is 4.45. The highest BCUT2D eigenvalue weighted by Gasteiger charge is 2.04. The van der Waals surface area contributed by atoms with Crippen molar-refractivity contribution in [1.82, 2.24) is 4.98 Å². The lowest BCUT2D eigenvalue weighted by Gasteiger charge is -2.10. The number of nitrogens with one attached hydrogen (secondary N) is 1. The van der Waals surface area contributed by atoms with Crippen LogP contribution in [0.15, 0.2) is 60.8 Å². The zero-order valence-electron chi connectivity index (χ0n) is 10.7. The molecular weight excluding hydrogens is 250 g/mol. The standard InChI is InChI=1S/C16H13N3O/c17-16(20)11-4-3-5-12(10-11)19-15-8-9-18-14-7-2-1-6-13(14)15/h1-10H,(H2,17,20)(H,18,19). The van der Waals surface area contributed by atoms with Crippen LogP contribution in [0.3, 0.4) is 0 Å². The molecule has 0 bridgehead atoms. The van der Waals surface area contributed by atoms with Crippen molar-refractivity contribution in [3.8, 4) is 0 Å². The smallest absolute Gasteiger partial charge is 0.248 e. The molecule has 1 heterocycles. The van der Waals surface area contributed by atoms with E-state index in [0.717, 1.165) is 22.3 Å². The first-order valence-electron chi connectivity index (χ1n) is 6.25. The Kier molecular flexibility index (Phi) is 3.05. The second-order valence-electron chi connectivity index (χ2n) is 4.45. The van der Waals surface area contributed by atoms with Crippen molar-refractivity contribution in [1.29, 1.82) is 0 Å². The lowest BCUT2D eigenvalue weighted by molar-refractivity contribution is 0.100. The summed E-state index contributed by atoms with van der Waals surface area (Å²) in [6, 6.07) is 16.9. The summed E-state index contributed by atoms with van der Waals surface area (Å²) in [6.07, 6.45) is 1.75. The van der Waals surface area contributed by atoms with E-state index in [1.54, 1.807) is 24.4 Å². The van der Waals surface area contributed by atoms with E-state index in [1.807, 2.05) is 36.4 Å². The molecule has 0 unspecified atom stereocenters. The van der Waals surface area contributed by atoms with Crippen LogP contribution in [0.2, 0.25) is 0 Å². The highest BCUT2D eigenvalue weighted by Crippen LogP contribution is 2.25. The summed E-state index contributed by atoms with van der Waals surface area (Å²) in [4.78, 5) is 15.5. The topological polar surface area (TPSA) is 68.0 Å². The van der Waals surface area contributed by atoms with Crippen LogP contribution in [0.4, 0.5) is 11.4 Å². The van der Waals surface area contributed by atoms with Crippen molar-refractivity contribution in [2.24, 2.45) is 5.73 Å². The maximum Gasteiger partial charge on any atom is 0.248 e. The van der Waals surface area contributed by atoms with E-state index >= 15 is 0 Å². The first kappa shape index (κ1) is 12.2. The first-order chi connectivity index (χ1) is 9.74. The summed E-state index contributed by atoms with van der Waals surface area (Å²) in [6.45, 7) is 0. The van der Waals surface area contributed by atoms with Gasteiger partial charge in [0, 0.05) is 28.5 Å². The molecule has 0 aliphatic heterocycles. The van der Waals surface area contributed by atoms with Gasteiger partial charge in [0.25, 0.3) is 0 Å². The van der Waals surface area contributed by atoms with Gasteiger partial charge in [-0.3, -0.25) is 9.78 Å². The molecule has 98 valence electrons. The Hall–Kier alpha value is -2.88. The Morgan fingerprint density at radius 1 is 1.05 bits per heavy atom. The summed E-state index contributed by atoms with van der Waals surface area (Å²) in [5.41, 5.74) is 8.45. The fraction of sp³-hybridized carbons (Fsp3) is 0. The number of anilines is 2. The number of carbonyl (C=O) groups excluding carboxylic acids is 1. The molecule has 0 saturated heterocycles. The Labute approximate surface area is 116 Å². The fourth-order valence-corrected chi connectivity index (χ4v) is 2.11. The van der Waals surface area contributed by atoms with E-state index in [2.05, 4.69) is 10.3 Å². The van der Waals surface area contributed by atoms with Crippen LogP contribution >= 0.6 is 0 Å². The van der Waals surface area contributed by atoms with Crippen LogP contribution in [0.5, 0.6) is 0 Å². The number of carbonyl (C=O) groups is 1. The molecule has 4 nitrogen and oxygen atoms in total. The average molecular weight is 263 g/mol. The molecule has 3 N–H and O–H groups in total. The molecule has 4 heteroatoms. The minimum Gasteiger partial charge on any atom is -0.366 e. The number of hydrogen-bond acceptors (Lipinski definition) is 3. The van der Waals surface area contributed by atoms with Gasteiger partial charge in [-0.15, -0.1) is 0 Å². The number of aromatic nitrogens is 1. The van der Waals surface area contributed by atoms with E-state index in [4.69, 9.17) is 5.73 Å². The van der Waals surface area contributed by atoms with Crippen molar-refractivity contribution in [2.45, 2.75) is 0 Å². The van der Waals surface area contributed by atoms with Crippen LogP contribution in [-0.2, 0) is 0 Å². The third kappa shape index (κ3) is 2.31. The number of fused-ring (bicyclic) bond motifs is 1. The largest absolute Gasteiger partial charge is 0.366 e. The van der Waals surface area contributed by atoms with Crippen molar-refractivity contribution in [3.63, 3.8) is 0 Å². The minimum absolute atomic E-state index is 0.437. The lowest BCUT2D eigenvalue weighted by atomic mass is 10.1. The Balaban J connectivity index is 2.01. The van der Waals surface area contributed by atoms with Gasteiger partial charge in [-0.2, -0.15) is 0 Å². The number of primary amides is 1. The van der Waals surface area contributed by atoms with Crippen molar-refractivity contribution >= 4 is 28.2 Å². The van der Waals surface area contributed by atoms with Gasteiger partial charge < -0.3 is 11.1 Å². The molecule has 2 aromatic carbocycles. The van der Waals surface area contributed by atoms with E-state index in [-0.39, 0.29) is 0 Å². The van der Waals surface area contributed by atoms with E-state index in [1.165, 1.54) is 0 Å². The maximum atomic E-state index is 11.2. The molecule has 3 aromatic rings. The van der Waals surface area contributed by atoms with Crippen LogP contribution in [0.1, 0.15) is 10.4 Å². The summed E-state index contributed by atoms with van der Waals surface area (Å²) in [5.74, 6) is -0.437. The Morgan fingerprint density at radius 3 is 2.75 bits per heavy atom. The van der Waals surface area contributed by atoms with Gasteiger partial charge in [0.15, 0.2) is 0 Å². The van der Waals surface area contributed by atoms with Crippen LogP contribution in [-0.4, -0.2) is 10.9 Å². The number of amides is 1. The molecule has 1 amide bonds. The van der Waals surface area contributed by atoms with Crippen molar-refractivity contribution < 1.29 is 4.79 Å². The highest BCUT2D eigenvalue weighted by molar-refractivity contribution is 5.95. The van der Waals surface area contributed by atoms with Gasteiger partial charge in [-0.1, -0.05) is 24.3 Å². The summed E-state index contributed by atoms with van der Waals surface area (Å²) < 4.78 is 0. The highest BCUT2D eigenvalue weighted by atomic mass is 16.1. The number of nitrogens with two attached hydrogens (primary N) is 1. The molecule has 3 rings (SSSR count). The summed E-state index contributed by atoms with van der Waals surface area (Å²) >= 11 is 0. The quantitative estimate of drug-likeness (QED) is 0.763. The Bertz CT molecular complexity index is 778. The van der Waals surface area contributed by atoms with Gasteiger partial charge in [0.05, 0.1) is 5.52 Å². The van der Waals surface area contributed by atoms with Gasteiger partial charge in [0.1, 0.15) is 0 Å². The maximum absolute atomic E-state index is 11.2. The molecule has 0 radical (unpaired) electrons. The second kappa shape index (κ2) is 5.01. The van der Waals surface area contributed by atoms with Crippen molar-refractivity contribution in [3.05, 3.63) is 66.4 Å².